The highest BCUT2D eigenvalue weighted by molar-refractivity contribution is 14.0. The first kappa shape index (κ1) is 18.2. The quantitative estimate of drug-likeness (QED) is 0.410. The molecule has 1 spiro atoms. The molecular formula is C15H28IN3O3. The Morgan fingerprint density at radius 1 is 1.18 bits per heavy atom. The molecule has 0 amide bonds. The minimum absolute atomic E-state index is 0. The average molecular weight is 425 g/mol. The van der Waals surface area contributed by atoms with E-state index in [9.17, 15) is 0 Å². The maximum absolute atomic E-state index is 6.04. The lowest BCUT2D eigenvalue weighted by atomic mass is 9.96. The van der Waals surface area contributed by atoms with E-state index in [2.05, 4.69) is 10.3 Å². The van der Waals surface area contributed by atoms with E-state index in [1.165, 1.54) is 32.1 Å². The lowest BCUT2D eigenvalue weighted by molar-refractivity contribution is -0.210. The second-order valence-electron chi connectivity index (χ2n) is 6.28. The van der Waals surface area contributed by atoms with Gasteiger partial charge in [0.25, 0.3) is 0 Å². The molecule has 1 atom stereocenters. The SMILES string of the molecule is I.NC(=NCC1COC2(CCOCC2)O1)NC1CCCCC1. The highest BCUT2D eigenvalue weighted by atomic mass is 127. The molecular weight excluding hydrogens is 397 g/mol. The van der Waals surface area contributed by atoms with Gasteiger partial charge in [-0.25, -0.2) is 0 Å². The lowest BCUT2D eigenvalue weighted by Gasteiger charge is -2.31. The van der Waals surface area contributed by atoms with Crippen LogP contribution in [-0.2, 0) is 14.2 Å². The molecule has 3 N–H and O–H groups in total. The Labute approximate surface area is 149 Å². The predicted octanol–water partition coefficient (Wildman–Crippen LogP) is 1.76. The van der Waals surface area contributed by atoms with Gasteiger partial charge in [-0.3, -0.25) is 4.99 Å². The van der Waals surface area contributed by atoms with E-state index in [1.54, 1.807) is 0 Å². The van der Waals surface area contributed by atoms with E-state index in [0.717, 1.165) is 12.8 Å². The average Bonchev–Trinajstić information content (AvgIpc) is 2.90. The molecule has 22 heavy (non-hydrogen) atoms. The zero-order valence-electron chi connectivity index (χ0n) is 13.1. The number of halogens is 1. The Balaban J connectivity index is 0.00000176. The van der Waals surface area contributed by atoms with Crippen LogP contribution in [0.15, 0.2) is 4.99 Å². The third-order valence-corrected chi connectivity index (χ3v) is 4.59. The summed E-state index contributed by atoms with van der Waals surface area (Å²) < 4.78 is 17.2. The molecule has 3 aliphatic rings. The maximum Gasteiger partial charge on any atom is 0.188 e. The molecule has 1 unspecified atom stereocenters. The number of ether oxygens (including phenoxy) is 3. The van der Waals surface area contributed by atoms with Crippen molar-refractivity contribution in [3.05, 3.63) is 0 Å². The van der Waals surface area contributed by atoms with Crippen molar-refractivity contribution in [2.75, 3.05) is 26.4 Å². The standard InChI is InChI=1S/C15H27N3O3.HI/c16-14(18-12-4-2-1-3-5-12)17-10-13-11-20-15(21-13)6-8-19-9-7-15;/h12-13H,1-11H2,(H3,16,17,18);1H. The first-order valence-corrected chi connectivity index (χ1v) is 8.22. The molecule has 1 aliphatic carbocycles. The van der Waals surface area contributed by atoms with Crippen LogP contribution in [0.4, 0.5) is 0 Å². The van der Waals surface area contributed by atoms with E-state index in [0.29, 0.717) is 38.4 Å². The summed E-state index contributed by atoms with van der Waals surface area (Å²) in [4.78, 5) is 4.43. The number of rotatable bonds is 3. The fourth-order valence-corrected chi connectivity index (χ4v) is 3.35. The van der Waals surface area contributed by atoms with Gasteiger partial charge < -0.3 is 25.3 Å². The zero-order valence-corrected chi connectivity index (χ0v) is 15.4. The second kappa shape index (κ2) is 8.65. The normalized spacial score (nSPS) is 29.3. The van der Waals surface area contributed by atoms with Crippen LogP contribution in [0.1, 0.15) is 44.9 Å². The highest BCUT2D eigenvalue weighted by Crippen LogP contribution is 2.33. The van der Waals surface area contributed by atoms with Gasteiger partial charge in [0.05, 0.1) is 26.4 Å². The van der Waals surface area contributed by atoms with Crippen molar-refractivity contribution in [3.63, 3.8) is 0 Å². The van der Waals surface area contributed by atoms with E-state index in [1.807, 2.05) is 0 Å². The van der Waals surface area contributed by atoms with E-state index < -0.39 is 5.79 Å². The molecule has 6 nitrogen and oxygen atoms in total. The molecule has 3 fully saturated rings. The highest BCUT2D eigenvalue weighted by Gasteiger charge is 2.42. The van der Waals surface area contributed by atoms with Crippen LogP contribution in [-0.4, -0.2) is 50.3 Å². The first-order valence-electron chi connectivity index (χ1n) is 8.22. The van der Waals surface area contributed by atoms with Crippen molar-refractivity contribution in [1.29, 1.82) is 0 Å². The molecule has 2 heterocycles. The number of nitrogens with two attached hydrogens (primary N) is 1. The second-order valence-corrected chi connectivity index (χ2v) is 6.28. The summed E-state index contributed by atoms with van der Waals surface area (Å²) >= 11 is 0. The van der Waals surface area contributed by atoms with Gasteiger partial charge in [-0.1, -0.05) is 19.3 Å². The van der Waals surface area contributed by atoms with Crippen LogP contribution >= 0.6 is 24.0 Å². The van der Waals surface area contributed by atoms with Crippen LogP contribution < -0.4 is 11.1 Å². The summed E-state index contributed by atoms with van der Waals surface area (Å²) in [5, 5.41) is 3.33. The molecule has 7 heteroatoms. The number of hydrogen-bond donors (Lipinski definition) is 2. The minimum Gasteiger partial charge on any atom is -0.381 e. The Hall–Kier alpha value is -0.120. The molecule has 2 saturated heterocycles. The molecule has 1 saturated carbocycles. The largest absolute Gasteiger partial charge is 0.381 e. The zero-order chi connectivity index (χ0) is 14.5. The van der Waals surface area contributed by atoms with Crippen LogP contribution in [0.2, 0.25) is 0 Å². The predicted molar refractivity (Wildman–Crippen MR) is 95.5 cm³/mol. The summed E-state index contributed by atoms with van der Waals surface area (Å²) in [6, 6.07) is 0.491. The maximum atomic E-state index is 6.04. The summed E-state index contributed by atoms with van der Waals surface area (Å²) in [6.45, 7) is 2.58. The molecule has 2 aliphatic heterocycles. The number of aliphatic imine (C=N–C) groups is 1. The molecule has 3 rings (SSSR count). The Morgan fingerprint density at radius 3 is 2.64 bits per heavy atom. The molecule has 0 bridgehead atoms. The Kier molecular flexibility index (Phi) is 7.17. The first-order chi connectivity index (χ1) is 10.3. The van der Waals surface area contributed by atoms with Gasteiger partial charge in [-0.2, -0.15) is 0 Å². The van der Waals surface area contributed by atoms with E-state index >= 15 is 0 Å². The topological polar surface area (TPSA) is 78.1 Å². The number of nitrogens with one attached hydrogen (secondary N) is 1. The molecule has 128 valence electrons. The van der Waals surface area contributed by atoms with Crippen LogP contribution in [0.3, 0.4) is 0 Å². The molecule has 0 aromatic rings. The molecule has 0 aromatic heterocycles. The third-order valence-electron chi connectivity index (χ3n) is 4.59. The van der Waals surface area contributed by atoms with Gasteiger partial charge in [-0.05, 0) is 12.8 Å². The summed E-state index contributed by atoms with van der Waals surface area (Å²) in [7, 11) is 0. The van der Waals surface area contributed by atoms with Crippen LogP contribution in [0, 0.1) is 0 Å². The third kappa shape index (κ3) is 4.94. The van der Waals surface area contributed by atoms with Crippen molar-refractivity contribution < 1.29 is 14.2 Å². The number of hydrogen-bond acceptors (Lipinski definition) is 4. The van der Waals surface area contributed by atoms with Gasteiger partial charge in [0, 0.05) is 18.9 Å². The van der Waals surface area contributed by atoms with Crippen molar-refractivity contribution in [2.24, 2.45) is 10.7 Å². The van der Waals surface area contributed by atoms with Gasteiger partial charge in [0.15, 0.2) is 11.7 Å². The molecule has 0 radical (unpaired) electrons. The summed E-state index contributed by atoms with van der Waals surface area (Å²) in [6.07, 6.45) is 7.93. The van der Waals surface area contributed by atoms with E-state index in [-0.39, 0.29) is 30.1 Å². The Morgan fingerprint density at radius 2 is 1.91 bits per heavy atom. The van der Waals surface area contributed by atoms with Gasteiger partial charge in [0.2, 0.25) is 0 Å². The van der Waals surface area contributed by atoms with Crippen molar-refractivity contribution in [2.45, 2.75) is 62.9 Å². The molecule has 0 aromatic carbocycles. The minimum atomic E-state index is -0.427. The summed E-state index contributed by atoms with van der Waals surface area (Å²) in [5.41, 5.74) is 5.98. The van der Waals surface area contributed by atoms with Crippen molar-refractivity contribution in [3.8, 4) is 0 Å². The van der Waals surface area contributed by atoms with Crippen molar-refractivity contribution >= 4 is 29.9 Å². The lowest BCUT2D eigenvalue weighted by Crippen LogP contribution is -2.41. The smallest absolute Gasteiger partial charge is 0.188 e. The number of guanidine groups is 1. The summed E-state index contributed by atoms with van der Waals surface area (Å²) in [5.74, 6) is 0.114. The van der Waals surface area contributed by atoms with Crippen LogP contribution in [0.25, 0.3) is 0 Å². The van der Waals surface area contributed by atoms with Gasteiger partial charge in [-0.15, -0.1) is 24.0 Å². The van der Waals surface area contributed by atoms with Crippen molar-refractivity contribution in [1.82, 2.24) is 5.32 Å². The fraction of sp³-hybridized carbons (Fsp3) is 0.933. The van der Waals surface area contributed by atoms with E-state index in [4.69, 9.17) is 19.9 Å². The van der Waals surface area contributed by atoms with Gasteiger partial charge >= 0.3 is 0 Å². The van der Waals surface area contributed by atoms with Crippen LogP contribution in [0.5, 0.6) is 0 Å². The number of nitrogens with zero attached hydrogens (tertiary/aromatic N) is 1. The Bertz CT molecular complexity index is 369. The fourth-order valence-electron chi connectivity index (χ4n) is 3.35. The monoisotopic (exact) mass is 425 g/mol. The van der Waals surface area contributed by atoms with Gasteiger partial charge in [0.1, 0.15) is 6.10 Å².